The SMILES string of the molecule is CCC(C)(C(N)c1cc(C)c(C)cc1C)N1CCOCC1. The minimum atomic E-state index is -0.0176. The van der Waals surface area contributed by atoms with Crippen LogP contribution >= 0.6 is 0 Å². The Hall–Kier alpha value is -0.900. The Bertz CT molecular complexity index is 494. The summed E-state index contributed by atoms with van der Waals surface area (Å²) in [4.78, 5) is 2.51. The van der Waals surface area contributed by atoms with E-state index in [9.17, 15) is 0 Å². The third-order valence-electron chi connectivity index (χ3n) is 5.34. The zero-order chi connectivity index (χ0) is 15.6. The first kappa shape index (κ1) is 16.5. The second-order valence-electron chi connectivity index (χ2n) is 6.58. The quantitative estimate of drug-likeness (QED) is 0.926. The Labute approximate surface area is 129 Å². The van der Waals surface area contributed by atoms with Crippen LogP contribution in [0.1, 0.15) is 48.6 Å². The van der Waals surface area contributed by atoms with Gasteiger partial charge in [-0.2, -0.15) is 0 Å². The van der Waals surface area contributed by atoms with Crippen molar-refractivity contribution in [2.75, 3.05) is 26.3 Å². The van der Waals surface area contributed by atoms with Crippen LogP contribution in [0.15, 0.2) is 12.1 Å². The van der Waals surface area contributed by atoms with Crippen molar-refractivity contribution in [3.05, 3.63) is 34.4 Å². The van der Waals surface area contributed by atoms with Crippen molar-refractivity contribution in [1.29, 1.82) is 0 Å². The third kappa shape index (κ3) is 3.15. The highest BCUT2D eigenvalue weighted by molar-refractivity contribution is 5.39. The minimum Gasteiger partial charge on any atom is -0.379 e. The maximum atomic E-state index is 6.75. The van der Waals surface area contributed by atoms with E-state index in [1.165, 1.54) is 22.3 Å². The molecule has 1 saturated heterocycles. The highest BCUT2D eigenvalue weighted by Gasteiger charge is 2.38. The summed E-state index contributed by atoms with van der Waals surface area (Å²) in [5.41, 5.74) is 12.0. The first-order chi connectivity index (χ1) is 9.90. The molecule has 1 aliphatic heterocycles. The Balaban J connectivity index is 2.35. The van der Waals surface area contributed by atoms with Crippen molar-refractivity contribution < 1.29 is 4.74 Å². The average molecular weight is 290 g/mol. The summed E-state index contributed by atoms with van der Waals surface area (Å²) < 4.78 is 5.50. The molecule has 1 aliphatic rings. The molecule has 21 heavy (non-hydrogen) atoms. The Morgan fingerprint density at radius 1 is 1.14 bits per heavy atom. The van der Waals surface area contributed by atoms with Crippen LogP contribution in [0.2, 0.25) is 0 Å². The van der Waals surface area contributed by atoms with E-state index in [2.05, 4.69) is 51.7 Å². The molecule has 1 fully saturated rings. The van der Waals surface area contributed by atoms with Crippen LogP contribution < -0.4 is 5.73 Å². The van der Waals surface area contributed by atoms with Crippen LogP contribution in [0.3, 0.4) is 0 Å². The zero-order valence-electron chi connectivity index (χ0n) is 14.2. The lowest BCUT2D eigenvalue weighted by atomic mass is 9.81. The fourth-order valence-electron chi connectivity index (χ4n) is 3.37. The summed E-state index contributed by atoms with van der Waals surface area (Å²) in [6.45, 7) is 14.6. The average Bonchev–Trinajstić information content (AvgIpc) is 2.50. The number of aryl methyl sites for hydroxylation is 3. The third-order valence-corrected chi connectivity index (χ3v) is 5.34. The molecule has 2 N–H and O–H groups in total. The van der Waals surface area contributed by atoms with Crippen molar-refractivity contribution in [3.8, 4) is 0 Å². The van der Waals surface area contributed by atoms with E-state index in [-0.39, 0.29) is 11.6 Å². The molecule has 0 spiro atoms. The molecule has 2 atom stereocenters. The van der Waals surface area contributed by atoms with Crippen LogP contribution in [0.4, 0.5) is 0 Å². The Kier molecular flexibility index (Phi) is 5.07. The molecular weight excluding hydrogens is 260 g/mol. The summed E-state index contributed by atoms with van der Waals surface area (Å²) in [6, 6.07) is 4.57. The Morgan fingerprint density at radius 3 is 2.29 bits per heavy atom. The molecule has 0 aliphatic carbocycles. The molecule has 118 valence electrons. The number of hydrogen-bond donors (Lipinski definition) is 1. The van der Waals surface area contributed by atoms with E-state index < -0.39 is 0 Å². The van der Waals surface area contributed by atoms with E-state index in [0.717, 1.165) is 32.7 Å². The van der Waals surface area contributed by atoms with Gasteiger partial charge in [0.25, 0.3) is 0 Å². The summed E-state index contributed by atoms with van der Waals surface area (Å²) in [5, 5.41) is 0. The first-order valence-electron chi connectivity index (χ1n) is 8.06. The predicted octanol–water partition coefficient (Wildman–Crippen LogP) is 3.11. The second-order valence-corrected chi connectivity index (χ2v) is 6.58. The van der Waals surface area contributed by atoms with Crippen molar-refractivity contribution in [3.63, 3.8) is 0 Å². The van der Waals surface area contributed by atoms with Gasteiger partial charge in [-0.3, -0.25) is 4.90 Å². The van der Waals surface area contributed by atoms with Gasteiger partial charge in [-0.1, -0.05) is 19.1 Å². The van der Waals surface area contributed by atoms with Crippen LogP contribution in [0, 0.1) is 20.8 Å². The highest BCUT2D eigenvalue weighted by Crippen LogP contribution is 2.35. The highest BCUT2D eigenvalue weighted by atomic mass is 16.5. The van der Waals surface area contributed by atoms with Gasteiger partial charge in [0.1, 0.15) is 0 Å². The summed E-state index contributed by atoms with van der Waals surface area (Å²) in [6.07, 6.45) is 1.04. The summed E-state index contributed by atoms with van der Waals surface area (Å²) >= 11 is 0. The van der Waals surface area contributed by atoms with Crippen molar-refractivity contribution in [2.45, 2.75) is 52.6 Å². The van der Waals surface area contributed by atoms with Gasteiger partial charge in [0.05, 0.1) is 13.2 Å². The fraction of sp³-hybridized carbons (Fsp3) is 0.667. The van der Waals surface area contributed by atoms with Gasteiger partial charge in [-0.15, -0.1) is 0 Å². The molecule has 1 aromatic carbocycles. The van der Waals surface area contributed by atoms with E-state index in [1.54, 1.807) is 0 Å². The van der Waals surface area contributed by atoms with Crippen LogP contribution in [-0.4, -0.2) is 36.7 Å². The van der Waals surface area contributed by atoms with Gasteiger partial charge < -0.3 is 10.5 Å². The molecule has 0 bridgehead atoms. The number of nitrogens with zero attached hydrogens (tertiary/aromatic N) is 1. The van der Waals surface area contributed by atoms with Gasteiger partial charge in [0, 0.05) is 24.7 Å². The Morgan fingerprint density at radius 2 is 1.71 bits per heavy atom. The number of morpholine rings is 1. The predicted molar refractivity (Wildman–Crippen MR) is 88.7 cm³/mol. The number of nitrogens with two attached hydrogens (primary N) is 1. The van der Waals surface area contributed by atoms with E-state index in [0.29, 0.717) is 0 Å². The molecule has 0 aromatic heterocycles. The zero-order valence-corrected chi connectivity index (χ0v) is 14.2. The number of hydrogen-bond acceptors (Lipinski definition) is 3. The lowest BCUT2D eigenvalue weighted by Crippen LogP contribution is -2.56. The lowest BCUT2D eigenvalue weighted by molar-refractivity contribution is -0.0278. The number of rotatable bonds is 4. The largest absolute Gasteiger partial charge is 0.379 e. The van der Waals surface area contributed by atoms with Crippen molar-refractivity contribution in [1.82, 2.24) is 4.90 Å². The summed E-state index contributed by atoms with van der Waals surface area (Å²) in [5.74, 6) is 0. The van der Waals surface area contributed by atoms with Crippen LogP contribution in [0.5, 0.6) is 0 Å². The number of ether oxygens (including phenoxy) is 1. The van der Waals surface area contributed by atoms with Gasteiger partial charge in [-0.05, 0) is 56.4 Å². The van der Waals surface area contributed by atoms with Gasteiger partial charge >= 0.3 is 0 Å². The topological polar surface area (TPSA) is 38.5 Å². The maximum Gasteiger partial charge on any atom is 0.0594 e. The van der Waals surface area contributed by atoms with E-state index in [1.807, 2.05) is 0 Å². The van der Waals surface area contributed by atoms with Gasteiger partial charge in [-0.25, -0.2) is 0 Å². The molecule has 2 rings (SSSR count). The normalized spacial score (nSPS) is 21.0. The minimum absolute atomic E-state index is 0.0176. The first-order valence-corrected chi connectivity index (χ1v) is 8.06. The standard InChI is InChI=1S/C18H30N2O/c1-6-18(5,20-7-9-21-10-8-20)17(19)16-12-14(3)13(2)11-15(16)4/h11-12,17H,6-10,19H2,1-5H3. The van der Waals surface area contributed by atoms with E-state index >= 15 is 0 Å². The van der Waals surface area contributed by atoms with Gasteiger partial charge in [0.2, 0.25) is 0 Å². The molecule has 0 amide bonds. The number of benzene rings is 1. The fourth-order valence-corrected chi connectivity index (χ4v) is 3.37. The molecule has 3 heteroatoms. The van der Waals surface area contributed by atoms with Crippen LogP contribution in [-0.2, 0) is 4.74 Å². The van der Waals surface area contributed by atoms with Crippen LogP contribution in [0.25, 0.3) is 0 Å². The smallest absolute Gasteiger partial charge is 0.0594 e. The molecule has 1 heterocycles. The van der Waals surface area contributed by atoms with E-state index in [4.69, 9.17) is 10.5 Å². The second kappa shape index (κ2) is 6.47. The van der Waals surface area contributed by atoms with Crippen molar-refractivity contribution in [2.24, 2.45) is 5.73 Å². The molecular formula is C18H30N2O. The van der Waals surface area contributed by atoms with Gasteiger partial charge in [0.15, 0.2) is 0 Å². The molecule has 1 aromatic rings. The summed E-state index contributed by atoms with van der Waals surface area (Å²) in [7, 11) is 0. The lowest BCUT2D eigenvalue weighted by Gasteiger charge is -2.47. The molecule has 3 nitrogen and oxygen atoms in total. The molecule has 2 unspecified atom stereocenters. The molecule has 0 radical (unpaired) electrons. The van der Waals surface area contributed by atoms with Crippen molar-refractivity contribution >= 4 is 0 Å². The molecule has 0 saturated carbocycles. The maximum absolute atomic E-state index is 6.75. The monoisotopic (exact) mass is 290 g/mol.